The van der Waals surface area contributed by atoms with Gasteiger partial charge in [-0.05, 0) is 79.1 Å². The highest BCUT2D eigenvalue weighted by Crippen LogP contribution is 2.75. The Bertz CT molecular complexity index is 2070. The summed E-state index contributed by atoms with van der Waals surface area (Å²) in [5.74, 6) is -3.91. The smallest absolute Gasteiger partial charge is 0.338 e. The topological polar surface area (TPSA) is 132 Å². The van der Waals surface area contributed by atoms with E-state index in [0.29, 0.717) is 23.1 Å². The first-order valence-electron chi connectivity index (χ1n) is 19.0. The van der Waals surface area contributed by atoms with Crippen molar-refractivity contribution in [2.75, 3.05) is 6.61 Å². The van der Waals surface area contributed by atoms with Gasteiger partial charge in [0.1, 0.15) is 24.9 Å². The van der Waals surface area contributed by atoms with Crippen molar-refractivity contribution in [3.05, 3.63) is 144 Å². The lowest BCUT2D eigenvalue weighted by Crippen LogP contribution is -2.74. The number of benzene rings is 4. The summed E-state index contributed by atoms with van der Waals surface area (Å²) in [6.45, 7) is 7.01. The maximum absolute atomic E-state index is 14.2. The van der Waals surface area contributed by atoms with E-state index in [9.17, 15) is 24.0 Å². The number of hydrogen-bond acceptors (Lipinski definition) is 10. The lowest BCUT2D eigenvalue weighted by Gasteiger charge is -2.65. The molecule has 3 fully saturated rings. The predicted octanol–water partition coefficient (Wildman–Crippen LogP) is 7.91. The summed E-state index contributed by atoms with van der Waals surface area (Å²) in [5, 5.41) is 0. The average molecular weight is 759 g/mol. The third-order valence-electron chi connectivity index (χ3n) is 12.4. The first-order chi connectivity index (χ1) is 26.9. The van der Waals surface area contributed by atoms with E-state index in [1.807, 2.05) is 13.0 Å². The number of carbonyl (C=O) groups is 5. The molecule has 3 aliphatic rings. The van der Waals surface area contributed by atoms with Crippen LogP contribution in [0.5, 0.6) is 0 Å². The van der Waals surface area contributed by atoms with Gasteiger partial charge in [0.2, 0.25) is 0 Å². The van der Waals surface area contributed by atoms with Crippen molar-refractivity contribution in [2.45, 2.75) is 71.4 Å². The number of carbonyl (C=O) groups excluding carboxylic acids is 5. The predicted molar refractivity (Wildman–Crippen MR) is 204 cm³/mol. The molecule has 0 heterocycles. The molecule has 3 aliphatic carbocycles. The molecule has 0 amide bonds. The zero-order valence-corrected chi connectivity index (χ0v) is 31.9. The van der Waals surface area contributed by atoms with Crippen LogP contribution in [0.1, 0.15) is 88.4 Å². The minimum absolute atomic E-state index is 0.160. The molecule has 0 radical (unpaired) electrons. The van der Waals surface area contributed by atoms with Crippen LogP contribution in [0.2, 0.25) is 0 Å². The van der Waals surface area contributed by atoms with Gasteiger partial charge in [0.15, 0.2) is 6.10 Å². The van der Waals surface area contributed by atoms with Gasteiger partial charge in [-0.2, -0.15) is 0 Å². The minimum Gasteiger partial charge on any atom is -0.461 e. The zero-order chi connectivity index (χ0) is 39.7. The van der Waals surface area contributed by atoms with Gasteiger partial charge in [0.05, 0.1) is 27.7 Å². The molecule has 0 N–H and O–H groups in total. The fourth-order valence-electron chi connectivity index (χ4n) is 10.0. The van der Waals surface area contributed by atoms with E-state index < -0.39 is 83.0 Å². The van der Waals surface area contributed by atoms with E-state index >= 15 is 0 Å². The monoisotopic (exact) mass is 758 g/mol. The van der Waals surface area contributed by atoms with Crippen LogP contribution < -0.4 is 0 Å². The molecule has 10 heteroatoms. The Morgan fingerprint density at radius 2 is 1.02 bits per heavy atom. The first kappa shape index (κ1) is 38.5. The summed E-state index contributed by atoms with van der Waals surface area (Å²) in [6.07, 6.45) is -3.49. The van der Waals surface area contributed by atoms with Crippen molar-refractivity contribution in [1.29, 1.82) is 0 Å². The Balaban J connectivity index is 1.44. The van der Waals surface area contributed by atoms with Crippen LogP contribution in [0.3, 0.4) is 0 Å². The summed E-state index contributed by atoms with van der Waals surface area (Å²) in [4.78, 5) is 69.4. The van der Waals surface area contributed by atoms with E-state index in [1.165, 1.54) is 6.92 Å². The molecule has 10 nitrogen and oxygen atoms in total. The Morgan fingerprint density at radius 1 is 0.571 bits per heavy atom. The average Bonchev–Trinajstić information content (AvgIpc) is 3.37. The van der Waals surface area contributed by atoms with Gasteiger partial charge in [0.25, 0.3) is 0 Å². The lowest BCUT2D eigenvalue weighted by molar-refractivity contribution is -0.288. The molecule has 0 aliphatic heterocycles. The molecule has 1 spiro atoms. The fraction of sp³-hybridized carbons (Fsp3) is 0.370. The van der Waals surface area contributed by atoms with Gasteiger partial charge in [-0.15, -0.1) is 0 Å². The third-order valence-corrected chi connectivity index (χ3v) is 12.4. The molecular formula is C46H46O10. The highest BCUT2D eigenvalue weighted by atomic mass is 16.6. The lowest BCUT2D eigenvalue weighted by atomic mass is 9.43. The van der Waals surface area contributed by atoms with Gasteiger partial charge in [-0.25, -0.2) is 19.2 Å². The van der Waals surface area contributed by atoms with Crippen molar-refractivity contribution < 1.29 is 47.7 Å². The molecule has 2 bridgehead atoms. The highest BCUT2D eigenvalue weighted by molar-refractivity contribution is 5.91. The molecule has 8 atom stereocenters. The first-order valence-corrected chi connectivity index (χ1v) is 19.0. The fourth-order valence-corrected chi connectivity index (χ4v) is 10.0. The van der Waals surface area contributed by atoms with E-state index in [4.69, 9.17) is 23.7 Å². The van der Waals surface area contributed by atoms with E-state index in [-0.39, 0.29) is 24.3 Å². The maximum atomic E-state index is 14.2. The standard InChI is InChI=1S/C46H46O10/c1-29-25-36(54-41(49)32-19-11-6-12-20-32)39(53-30(2)47)46(28-52-40(48)31-17-9-5-10-18-31)37(55-42(50)33-21-13-7-14-22-33)26-35-38(45(29,46)27-44(35,3)4)56-43(51)34-23-15-8-16-24-34/h5-24,29,35-39H,25-28H2,1-4H3/t29-,35-,36+,37+,38-,39+,45+,46-/m1/s1. The normalized spacial score (nSPS) is 28.5. The molecule has 290 valence electrons. The van der Waals surface area contributed by atoms with Crippen LogP contribution in [0.25, 0.3) is 0 Å². The zero-order valence-electron chi connectivity index (χ0n) is 31.9. The second-order valence-corrected chi connectivity index (χ2v) is 16.0. The van der Waals surface area contributed by atoms with Crippen molar-refractivity contribution in [2.24, 2.45) is 28.1 Å². The van der Waals surface area contributed by atoms with Crippen LogP contribution in [-0.2, 0) is 28.5 Å². The molecule has 4 aromatic carbocycles. The Kier molecular flexibility index (Phi) is 10.6. The Hall–Kier alpha value is -5.77. The second kappa shape index (κ2) is 15.4. The molecule has 56 heavy (non-hydrogen) atoms. The van der Waals surface area contributed by atoms with Crippen molar-refractivity contribution in [3.63, 3.8) is 0 Å². The van der Waals surface area contributed by atoms with Gasteiger partial charge >= 0.3 is 29.8 Å². The van der Waals surface area contributed by atoms with Gasteiger partial charge in [-0.1, -0.05) is 93.6 Å². The molecule has 0 aromatic heterocycles. The van der Waals surface area contributed by atoms with Crippen LogP contribution in [0.15, 0.2) is 121 Å². The summed E-state index contributed by atoms with van der Waals surface area (Å²) in [5.41, 5.74) is -2.04. The number of fused-ring (bicyclic) bond motifs is 1. The van der Waals surface area contributed by atoms with Crippen LogP contribution in [0.4, 0.5) is 0 Å². The van der Waals surface area contributed by atoms with Crippen LogP contribution in [-0.4, -0.2) is 60.9 Å². The SMILES string of the molecule is CC(=O)O[C@H]1[C@@H](OC(=O)c2ccccc2)C[C@@H](C)[C@]23CC(C)(C)[C@H](C[C@H](OC(=O)c4ccccc4)[C@]12COC(=O)c1ccccc1)[C@H]3OC(=O)c1ccccc1. The number of esters is 5. The Morgan fingerprint density at radius 3 is 1.50 bits per heavy atom. The van der Waals surface area contributed by atoms with Gasteiger partial charge < -0.3 is 23.7 Å². The minimum atomic E-state index is -1.60. The van der Waals surface area contributed by atoms with Crippen molar-refractivity contribution in [3.8, 4) is 0 Å². The number of rotatable bonds is 10. The van der Waals surface area contributed by atoms with Gasteiger partial charge in [0, 0.05) is 18.3 Å². The van der Waals surface area contributed by atoms with E-state index in [1.54, 1.807) is 115 Å². The quantitative estimate of drug-likeness (QED) is 0.116. The number of ether oxygens (including phenoxy) is 5. The molecule has 7 rings (SSSR count). The molecular weight excluding hydrogens is 712 g/mol. The molecule has 0 saturated heterocycles. The number of hydrogen-bond donors (Lipinski definition) is 0. The largest absolute Gasteiger partial charge is 0.461 e. The summed E-state index contributed by atoms with van der Waals surface area (Å²) >= 11 is 0. The maximum Gasteiger partial charge on any atom is 0.338 e. The third kappa shape index (κ3) is 6.86. The summed E-state index contributed by atoms with van der Waals surface area (Å²) in [6, 6.07) is 34.1. The second-order valence-electron chi connectivity index (χ2n) is 16.0. The molecule has 4 aromatic rings. The molecule has 3 saturated carbocycles. The highest BCUT2D eigenvalue weighted by Gasteiger charge is 2.81. The van der Waals surface area contributed by atoms with Crippen LogP contribution >= 0.6 is 0 Å². The summed E-state index contributed by atoms with van der Waals surface area (Å²) in [7, 11) is 0. The Labute approximate surface area is 326 Å². The van der Waals surface area contributed by atoms with Crippen molar-refractivity contribution >= 4 is 29.8 Å². The van der Waals surface area contributed by atoms with Crippen molar-refractivity contribution in [1.82, 2.24) is 0 Å². The summed E-state index contributed by atoms with van der Waals surface area (Å²) < 4.78 is 32.2. The van der Waals surface area contributed by atoms with Crippen LogP contribution in [0, 0.1) is 28.1 Å². The van der Waals surface area contributed by atoms with Gasteiger partial charge in [-0.3, -0.25) is 4.79 Å². The molecule has 0 unspecified atom stereocenters. The van der Waals surface area contributed by atoms with E-state index in [2.05, 4.69) is 13.8 Å². The van der Waals surface area contributed by atoms with E-state index in [0.717, 1.165) is 0 Å².